The van der Waals surface area contributed by atoms with Crippen molar-refractivity contribution < 1.29 is 22.5 Å². The number of nitrogens with one attached hydrogen (secondary N) is 2. The van der Waals surface area contributed by atoms with Crippen molar-refractivity contribution in [2.75, 3.05) is 10.5 Å². The molecular formula is C25H35N5O5S. The molecule has 0 aliphatic heterocycles. The second-order valence-corrected chi connectivity index (χ2v) is 12.4. The van der Waals surface area contributed by atoms with Crippen LogP contribution in [0.25, 0.3) is 11.0 Å². The van der Waals surface area contributed by atoms with Crippen molar-refractivity contribution in [3.63, 3.8) is 0 Å². The molecule has 0 radical (unpaired) electrons. The maximum Gasteiger partial charge on any atom is 0.407 e. The van der Waals surface area contributed by atoms with Gasteiger partial charge in [-0.25, -0.2) is 13.2 Å². The fraction of sp³-hybridized carbons (Fsp3) is 0.560. The first kappa shape index (κ1) is 26.0. The van der Waals surface area contributed by atoms with Gasteiger partial charge in [0.15, 0.2) is 11.4 Å². The zero-order valence-electron chi connectivity index (χ0n) is 21.3. The third kappa shape index (κ3) is 6.99. The lowest BCUT2D eigenvalue weighted by Gasteiger charge is -2.21. The van der Waals surface area contributed by atoms with Crippen LogP contribution >= 0.6 is 0 Å². The predicted octanol–water partition coefficient (Wildman–Crippen LogP) is 4.73. The number of hydrogen-bond donors (Lipinski definition) is 2. The van der Waals surface area contributed by atoms with E-state index in [4.69, 9.17) is 9.26 Å². The van der Waals surface area contributed by atoms with E-state index >= 15 is 0 Å². The lowest BCUT2D eigenvalue weighted by molar-refractivity contribution is 0.0523. The number of amides is 1. The molecule has 36 heavy (non-hydrogen) atoms. The molecule has 1 fully saturated rings. The number of ether oxygens (including phenoxy) is 1. The fourth-order valence-electron chi connectivity index (χ4n) is 4.62. The maximum absolute atomic E-state index is 12.8. The molecule has 1 saturated carbocycles. The lowest BCUT2D eigenvalue weighted by atomic mass is 9.91. The second kappa shape index (κ2) is 10.5. The summed E-state index contributed by atoms with van der Waals surface area (Å²) in [6.45, 7) is 8.13. The summed E-state index contributed by atoms with van der Waals surface area (Å²) in [5.41, 5.74) is 2.59. The molecule has 0 unspecified atom stereocenters. The monoisotopic (exact) mass is 517 g/mol. The molecule has 1 aliphatic rings. The van der Waals surface area contributed by atoms with Gasteiger partial charge in [-0.3, -0.25) is 9.40 Å². The Morgan fingerprint density at radius 3 is 2.67 bits per heavy atom. The molecule has 2 N–H and O–H groups in total. The number of alkyl carbamates (subject to hydrolysis) is 1. The Balaban J connectivity index is 1.40. The molecule has 3 aromatic rings. The molecule has 1 aliphatic carbocycles. The quantitative estimate of drug-likeness (QED) is 0.442. The number of nitrogens with zero attached hydrogens (tertiary/aromatic N) is 3. The van der Waals surface area contributed by atoms with E-state index in [1.54, 1.807) is 10.9 Å². The number of carbonyl (C=O) groups excluding carboxylic acids is 1. The number of aromatic nitrogens is 3. The van der Waals surface area contributed by atoms with E-state index in [0.29, 0.717) is 24.1 Å². The Hall–Kier alpha value is -3.08. The third-order valence-electron chi connectivity index (χ3n) is 6.13. The highest BCUT2D eigenvalue weighted by Gasteiger charge is 2.24. The Morgan fingerprint density at radius 2 is 1.94 bits per heavy atom. The van der Waals surface area contributed by atoms with Crippen LogP contribution in [-0.2, 0) is 27.8 Å². The van der Waals surface area contributed by atoms with Crippen LogP contribution in [0.15, 0.2) is 29.0 Å². The van der Waals surface area contributed by atoms with Crippen molar-refractivity contribution in [1.82, 2.24) is 20.3 Å². The SMILES string of the molecule is Cc1cc(Cn2cc(CNC(=O)OC(C)(C)C)cn2)cc2onc(NS(=O)(=O)CC3CCCCC3)c12. The Labute approximate surface area is 211 Å². The van der Waals surface area contributed by atoms with E-state index in [2.05, 4.69) is 20.3 Å². The summed E-state index contributed by atoms with van der Waals surface area (Å²) in [7, 11) is -3.52. The molecule has 2 heterocycles. The normalized spacial score (nSPS) is 15.2. The molecule has 11 heteroatoms. The summed E-state index contributed by atoms with van der Waals surface area (Å²) in [5, 5.41) is 11.8. The topological polar surface area (TPSA) is 128 Å². The number of sulfonamides is 1. The lowest BCUT2D eigenvalue weighted by Crippen LogP contribution is -2.32. The number of anilines is 1. The molecule has 0 atom stereocenters. The molecule has 0 bridgehead atoms. The molecule has 4 rings (SSSR count). The molecular weight excluding hydrogens is 482 g/mol. The molecule has 10 nitrogen and oxygen atoms in total. The Bertz CT molecular complexity index is 1320. The summed E-state index contributed by atoms with van der Waals surface area (Å²) in [6.07, 6.45) is 8.33. The first-order chi connectivity index (χ1) is 17.0. The van der Waals surface area contributed by atoms with E-state index < -0.39 is 21.7 Å². The van der Waals surface area contributed by atoms with Crippen LogP contribution in [0.4, 0.5) is 10.6 Å². The molecule has 1 amide bonds. The second-order valence-electron chi connectivity index (χ2n) is 10.6. The largest absolute Gasteiger partial charge is 0.444 e. The number of rotatable bonds is 8. The van der Waals surface area contributed by atoms with Crippen LogP contribution in [0, 0.1) is 12.8 Å². The number of hydrogen-bond acceptors (Lipinski definition) is 7. The van der Waals surface area contributed by atoms with Crippen LogP contribution in [-0.4, -0.2) is 40.8 Å². The van der Waals surface area contributed by atoms with Crippen molar-refractivity contribution in [2.24, 2.45) is 5.92 Å². The highest BCUT2D eigenvalue weighted by molar-refractivity contribution is 7.92. The van der Waals surface area contributed by atoms with Gasteiger partial charge in [-0.1, -0.05) is 30.5 Å². The van der Waals surface area contributed by atoms with Crippen molar-refractivity contribution in [1.29, 1.82) is 0 Å². The molecule has 1 aromatic carbocycles. The minimum atomic E-state index is -3.52. The van der Waals surface area contributed by atoms with Crippen molar-refractivity contribution in [3.8, 4) is 0 Å². The van der Waals surface area contributed by atoms with Gasteiger partial charge in [-0.15, -0.1) is 0 Å². The van der Waals surface area contributed by atoms with E-state index in [1.807, 2.05) is 46.0 Å². The fourth-order valence-corrected chi connectivity index (χ4v) is 6.09. The summed E-state index contributed by atoms with van der Waals surface area (Å²) < 4.78 is 40.7. The molecule has 2 aromatic heterocycles. The van der Waals surface area contributed by atoms with Gasteiger partial charge in [-0.05, 0) is 63.6 Å². The highest BCUT2D eigenvalue weighted by Crippen LogP contribution is 2.30. The van der Waals surface area contributed by atoms with Crippen LogP contribution in [0.1, 0.15) is 69.6 Å². The molecule has 0 saturated heterocycles. The van der Waals surface area contributed by atoms with Crippen molar-refractivity contribution in [3.05, 3.63) is 41.2 Å². The number of aryl methyl sites for hydroxylation is 1. The van der Waals surface area contributed by atoms with Gasteiger partial charge in [0.05, 0.1) is 23.9 Å². The van der Waals surface area contributed by atoms with Gasteiger partial charge < -0.3 is 14.6 Å². The number of benzene rings is 1. The number of carbonyl (C=O) groups is 1. The van der Waals surface area contributed by atoms with Crippen LogP contribution < -0.4 is 10.0 Å². The van der Waals surface area contributed by atoms with Crippen LogP contribution in [0.3, 0.4) is 0 Å². The summed E-state index contributed by atoms with van der Waals surface area (Å²) in [4.78, 5) is 11.9. The highest BCUT2D eigenvalue weighted by atomic mass is 32.2. The first-order valence-electron chi connectivity index (χ1n) is 12.3. The maximum atomic E-state index is 12.8. The van der Waals surface area contributed by atoms with Gasteiger partial charge in [0.2, 0.25) is 10.0 Å². The smallest absolute Gasteiger partial charge is 0.407 e. The van der Waals surface area contributed by atoms with Gasteiger partial charge in [-0.2, -0.15) is 5.10 Å². The predicted molar refractivity (Wildman–Crippen MR) is 137 cm³/mol. The summed E-state index contributed by atoms with van der Waals surface area (Å²) in [5.74, 6) is 0.544. The van der Waals surface area contributed by atoms with Gasteiger partial charge in [0, 0.05) is 18.3 Å². The van der Waals surface area contributed by atoms with Gasteiger partial charge in [0.25, 0.3) is 0 Å². The zero-order valence-corrected chi connectivity index (χ0v) is 22.2. The van der Waals surface area contributed by atoms with Crippen LogP contribution in [0.5, 0.6) is 0 Å². The number of fused-ring (bicyclic) bond motifs is 1. The molecule has 196 valence electrons. The van der Waals surface area contributed by atoms with E-state index in [-0.39, 0.29) is 17.5 Å². The van der Waals surface area contributed by atoms with Crippen molar-refractivity contribution >= 4 is 32.9 Å². The van der Waals surface area contributed by atoms with Crippen LogP contribution in [0.2, 0.25) is 0 Å². The average Bonchev–Trinajstić information content (AvgIpc) is 3.38. The van der Waals surface area contributed by atoms with Gasteiger partial charge in [0.1, 0.15) is 5.60 Å². The minimum Gasteiger partial charge on any atom is -0.444 e. The van der Waals surface area contributed by atoms with Crippen molar-refractivity contribution in [2.45, 2.75) is 78.5 Å². The van der Waals surface area contributed by atoms with E-state index in [1.165, 1.54) is 6.42 Å². The van der Waals surface area contributed by atoms with E-state index in [9.17, 15) is 13.2 Å². The Kier molecular flexibility index (Phi) is 7.58. The third-order valence-corrected chi connectivity index (χ3v) is 7.54. The standard InChI is InChI=1S/C25H35N5O5S/c1-17-10-19(14-30-15-20(13-27-30)12-26-24(31)34-25(2,3)4)11-21-22(17)23(28-35-21)29-36(32,33)16-18-8-6-5-7-9-18/h10-11,13,15,18H,5-9,12,14,16H2,1-4H3,(H,26,31)(H,28,29). The Morgan fingerprint density at radius 1 is 1.19 bits per heavy atom. The first-order valence-corrected chi connectivity index (χ1v) is 14.0. The summed E-state index contributed by atoms with van der Waals surface area (Å²) in [6, 6.07) is 3.81. The zero-order chi connectivity index (χ0) is 25.9. The summed E-state index contributed by atoms with van der Waals surface area (Å²) >= 11 is 0. The minimum absolute atomic E-state index is 0.114. The van der Waals surface area contributed by atoms with E-state index in [0.717, 1.165) is 42.4 Å². The van der Waals surface area contributed by atoms with Gasteiger partial charge >= 0.3 is 6.09 Å². The average molecular weight is 518 g/mol. The molecule has 0 spiro atoms.